The van der Waals surface area contributed by atoms with E-state index in [1.54, 1.807) is 30.3 Å². The van der Waals surface area contributed by atoms with Crippen LogP contribution in [0.2, 0.25) is 0 Å². The number of esters is 1. The summed E-state index contributed by atoms with van der Waals surface area (Å²) in [6.07, 6.45) is -0.106. The number of hydrogen-bond donors (Lipinski definition) is 0. The summed E-state index contributed by atoms with van der Waals surface area (Å²) in [6.45, 7) is -3.17. The second-order valence-corrected chi connectivity index (χ2v) is 6.04. The number of carbonyl (C=O) groups is 1. The number of imidazole rings is 1. The second kappa shape index (κ2) is 8.76. The standard InChI is InChI=1S/C20H20F2N2O5/c1-26-15-8-12(9-16(27-2)19(15)28-3)10-18(25)29-11-17-23-13-6-4-5-7-14(13)24(17)20(21)22/h4-9,20H,10-11H2,1-3H3. The third-order valence-electron chi connectivity index (χ3n) is 4.30. The van der Waals surface area contributed by atoms with E-state index in [9.17, 15) is 13.6 Å². The van der Waals surface area contributed by atoms with Crippen molar-refractivity contribution < 1.29 is 32.5 Å². The van der Waals surface area contributed by atoms with Crippen LogP contribution in [0.1, 0.15) is 17.9 Å². The second-order valence-electron chi connectivity index (χ2n) is 6.04. The molecule has 1 heterocycles. The Morgan fingerprint density at radius 2 is 1.72 bits per heavy atom. The molecule has 2 aromatic carbocycles. The minimum absolute atomic E-state index is 0.0283. The molecule has 0 N–H and O–H groups in total. The summed E-state index contributed by atoms with van der Waals surface area (Å²) in [7, 11) is 4.41. The molecule has 29 heavy (non-hydrogen) atoms. The number of hydrogen-bond acceptors (Lipinski definition) is 6. The number of halogens is 2. The van der Waals surface area contributed by atoms with Gasteiger partial charge in [0, 0.05) is 0 Å². The molecule has 0 amide bonds. The summed E-state index contributed by atoms with van der Waals surface area (Å²) in [5.41, 5.74) is 1.24. The van der Waals surface area contributed by atoms with Crippen LogP contribution in [0.15, 0.2) is 36.4 Å². The molecule has 1 aromatic heterocycles. The van der Waals surface area contributed by atoms with Crippen LogP contribution in [0.4, 0.5) is 8.78 Å². The lowest BCUT2D eigenvalue weighted by molar-refractivity contribution is -0.144. The first-order valence-electron chi connectivity index (χ1n) is 8.67. The third-order valence-corrected chi connectivity index (χ3v) is 4.30. The largest absolute Gasteiger partial charge is 0.493 e. The van der Waals surface area contributed by atoms with E-state index >= 15 is 0 Å². The highest BCUT2D eigenvalue weighted by Gasteiger charge is 2.20. The quantitative estimate of drug-likeness (QED) is 0.531. The summed E-state index contributed by atoms with van der Waals surface area (Å²) >= 11 is 0. The number of benzene rings is 2. The van der Waals surface area contributed by atoms with Crippen molar-refractivity contribution in [1.82, 2.24) is 9.55 Å². The molecule has 0 aliphatic carbocycles. The van der Waals surface area contributed by atoms with Crippen molar-refractivity contribution in [3.8, 4) is 17.2 Å². The van der Waals surface area contributed by atoms with Crippen molar-refractivity contribution in [2.24, 2.45) is 0 Å². The SMILES string of the molecule is COc1cc(CC(=O)OCc2nc3ccccc3n2C(F)F)cc(OC)c1OC. The first-order valence-corrected chi connectivity index (χ1v) is 8.67. The van der Waals surface area contributed by atoms with Gasteiger partial charge >= 0.3 is 12.5 Å². The minimum atomic E-state index is -2.80. The molecular formula is C20H20F2N2O5. The van der Waals surface area contributed by atoms with Crippen LogP contribution in [0.25, 0.3) is 11.0 Å². The molecule has 0 saturated carbocycles. The fourth-order valence-electron chi connectivity index (χ4n) is 3.01. The van der Waals surface area contributed by atoms with Gasteiger partial charge < -0.3 is 18.9 Å². The molecule has 0 fully saturated rings. The molecule has 0 spiro atoms. The van der Waals surface area contributed by atoms with E-state index in [4.69, 9.17) is 18.9 Å². The van der Waals surface area contributed by atoms with Crippen molar-refractivity contribution >= 4 is 17.0 Å². The zero-order chi connectivity index (χ0) is 21.0. The first-order chi connectivity index (χ1) is 14.0. The molecule has 0 aliphatic heterocycles. The smallest absolute Gasteiger partial charge is 0.320 e. The number of methoxy groups -OCH3 is 3. The van der Waals surface area contributed by atoms with Gasteiger partial charge in [0.25, 0.3) is 0 Å². The van der Waals surface area contributed by atoms with E-state index < -0.39 is 12.5 Å². The third kappa shape index (κ3) is 4.23. The zero-order valence-electron chi connectivity index (χ0n) is 16.1. The first kappa shape index (κ1) is 20.4. The lowest BCUT2D eigenvalue weighted by Gasteiger charge is -2.14. The number of nitrogens with zero attached hydrogens (tertiary/aromatic N) is 2. The average molecular weight is 406 g/mol. The Morgan fingerprint density at radius 1 is 1.07 bits per heavy atom. The van der Waals surface area contributed by atoms with Crippen LogP contribution < -0.4 is 14.2 Å². The monoisotopic (exact) mass is 406 g/mol. The lowest BCUT2D eigenvalue weighted by Crippen LogP contribution is -2.12. The molecule has 0 saturated heterocycles. The van der Waals surface area contributed by atoms with Gasteiger partial charge in [-0.3, -0.25) is 9.36 Å². The summed E-state index contributed by atoms with van der Waals surface area (Å²) < 4.78 is 48.6. The highest BCUT2D eigenvalue weighted by molar-refractivity contribution is 5.76. The van der Waals surface area contributed by atoms with Gasteiger partial charge in [-0.2, -0.15) is 8.78 Å². The maximum Gasteiger partial charge on any atom is 0.320 e. The van der Waals surface area contributed by atoms with Gasteiger partial charge in [0.15, 0.2) is 17.3 Å². The van der Waals surface area contributed by atoms with Crippen LogP contribution in [0, 0.1) is 0 Å². The van der Waals surface area contributed by atoms with Gasteiger partial charge in [-0.1, -0.05) is 12.1 Å². The number of alkyl halides is 2. The molecule has 154 valence electrons. The number of carbonyl (C=O) groups excluding carboxylic acids is 1. The maximum atomic E-state index is 13.4. The van der Waals surface area contributed by atoms with Gasteiger partial charge in [-0.05, 0) is 29.8 Å². The normalized spacial score (nSPS) is 11.0. The van der Waals surface area contributed by atoms with Gasteiger partial charge in [-0.25, -0.2) is 4.98 Å². The minimum Gasteiger partial charge on any atom is -0.493 e. The number of ether oxygens (including phenoxy) is 4. The highest BCUT2D eigenvalue weighted by atomic mass is 19.3. The maximum absolute atomic E-state index is 13.4. The Bertz CT molecular complexity index is 994. The highest BCUT2D eigenvalue weighted by Crippen LogP contribution is 2.38. The Balaban J connectivity index is 1.76. The number of rotatable bonds is 8. The predicted molar refractivity (Wildman–Crippen MR) is 101 cm³/mol. The number of aromatic nitrogens is 2. The Hall–Kier alpha value is -3.36. The van der Waals surface area contributed by atoms with Gasteiger partial charge in [-0.15, -0.1) is 0 Å². The molecule has 0 aliphatic rings. The van der Waals surface area contributed by atoms with Crippen LogP contribution in [-0.2, 0) is 22.6 Å². The van der Waals surface area contributed by atoms with Crippen molar-refractivity contribution in [3.63, 3.8) is 0 Å². The van der Waals surface area contributed by atoms with Crippen LogP contribution in [-0.4, -0.2) is 36.8 Å². The molecule has 7 nitrogen and oxygen atoms in total. The summed E-state index contributed by atoms with van der Waals surface area (Å²) in [4.78, 5) is 16.4. The van der Waals surface area contributed by atoms with Crippen molar-refractivity contribution in [1.29, 1.82) is 0 Å². The fraction of sp³-hybridized carbons (Fsp3) is 0.300. The zero-order valence-corrected chi connectivity index (χ0v) is 16.1. The molecular weight excluding hydrogens is 386 g/mol. The lowest BCUT2D eigenvalue weighted by atomic mass is 10.1. The Labute approximate surface area is 165 Å². The van der Waals surface area contributed by atoms with Gasteiger partial charge in [0.2, 0.25) is 5.75 Å². The van der Waals surface area contributed by atoms with E-state index in [0.29, 0.717) is 28.3 Å². The predicted octanol–water partition coefficient (Wildman–Crippen LogP) is 3.74. The Morgan fingerprint density at radius 3 is 2.31 bits per heavy atom. The van der Waals surface area contributed by atoms with E-state index in [0.717, 1.165) is 4.57 Å². The van der Waals surface area contributed by atoms with E-state index in [1.807, 2.05) is 0 Å². The molecule has 0 unspecified atom stereocenters. The van der Waals surface area contributed by atoms with E-state index in [2.05, 4.69) is 4.98 Å². The average Bonchev–Trinajstić information content (AvgIpc) is 3.10. The molecule has 3 rings (SSSR count). The van der Waals surface area contributed by atoms with E-state index in [-0.39, 0.29) is 24.4 Å². The van der Waals surface area contributed by atoms with Crippen molar-refractivity contribution in [2.45, 2.75) is 19.6 Å². The number of para-hydroxylation sites is 2. The van der Waals surface area contributed by atoms with Gasteiger partial charge in [0.05, 0.1) is 38.8 Å². The van der Waals surface area contributed by atoms with Crippen molar-refractivity contribution in [2.75, 3.05) is 21.3 Å². The molecule has 0 radical (unpaired) electrons. The molecule has 0 atom stereocenters. The van der Waals surface area contributed by atoms with Crippen LogP contribution in [0.3, 0.4) is 0 Å². The topological polar surface area (TPSA) is 71.8 Å². The van der Waals surface area contributed by atoms with Crippen molar-refractivity contribution in [3.05, 3.63) is 47.8 Å². The molecule has 9 heteroatoms. The van der Waals surface area contributed by atoms with Crippen LogP contribution >= 0.6 is 0 Å². The summed E-state index contributed by atoms with van der Waals surface area (Å²) in [6, 6.07) is 9.74. The summed E-state index contributed by atoms with van der Waals surface area (Å²) in [5.74, 6) is 0.563. The summed E-state index contributed by atoms with van der Waals surface area (Å²) in [5, 5.41) is 0. The number of fused-ring (bicyclic) bond motifs is 1. The van der Waals surface area contributed by atoms with Gasteiger partial charge in [0.1, 0.15) is 6.61 Å². The molecule has 0 bridgehead atoms. The molecule has 3 aromatic rings. The van der Waals surface area contributed by atoms with Crippen LogP contribution in [0.5, 0.6) is 17.2 Å². The van der Waals surface area contributed by atoms with E-state index in [1.165, 1.54) is 27.4 Å². The Kier molecular flexibility index (Phi) is 6.16. The fourth-order valence-corrected chi connectivity index (χ4v) is 3.01.